The molecule has 0 aliphatic heterocycles. The van der Waals surface area contributed by atoms with Crippen LogP contribution >= 0.6 is 0 Å². The molecule has 0 aromatic carbocycles. The summed E-state index contributed by atoms with van der Waals surface area (Å²) in [5.74, 6) is 0. The zero-order valence-electron chi connectivity index (χ0n) is 17.2. The molecule has 152 valence electrons. The van der Waals surface area contributed by atoms with Gasteiger partial charge in [-0.15, -0.1) is 0 Å². The Morgan fingerprint density at radius 3 is 1.72 bits per heavy atom. The van der Waals surface area contributed by atoms with Gasteiger partial charge in [-0.2, -0.15) is 0 Å². The molecule has 0 aliphatic carbocycles. The Hall–Kier alpha value is -0.120. The highest BCUT2D eigenvalue weighted by Gasteiger charge is 2.03. The van der Waals surface area contributed by atoms with Gasteiger partial charge >= 0.3 is 0 Å². The summed E-state index contributed by atoms with van der Waals surface area (Å²) >= 11 is 0. The van der Waals surface area contributed by atoms with Gasteiger partial charge in [0.15, 0.2) is 0 Å². The second-order valence-corrected chi connectivity index (χ2v) is 7.74. The molecule has 3 nitrogen and oxygen atoms in total. The minimum atomic E-state index is -0.160. The Bertz CT molecular complexity index is 236. The topological polar surface area (TPSA) is 58.3 Å². The fourth-order valence-electron chi connectivity index (χ4n) is 3.34. The largest absolute Gasteiger partial charge is 0.392 e. The number of nitrogens with one attached hydrogen (secondary N) is 1. The lowest BCUT2D eigenvalue weighted by molar-refractivity contribution is 0.158. The molecular formula is C22H48N2O. The van der Waals surface area contributed by atoms with Crippen molar-refractivity contribution in [3.8, 4) is 0 Å². The lowest BCUT2D eigenvalue weighted by atomic mass is 10.0. The number of unbranched alkanes of at least 4 members (excludes halogenated alkanes) is 14. The van der Waals surface area contributed by atoms with E-state index in [9.17, 15) is 5.11 Å². The molecule has 3 heteroatoms. The van der Waals surface area contributed by atoms with Gasteiger partial charge in [0.2, 0.25) is 0 Å². The van der Waals surface area contributed by atoms with Crippen LogP contribution < -0.4 is 11.1 Å². The summed E-state index contributed by atoms with van der Waals surface area (Å²) in [7, 11) is 0. The first kappa shape index (κ1) is 24.9. The molecule has 25 heavy (non-hydrogen) atoms. The lowest BCUT2D eigenvalue weighted by Gasteiger charge is -2.11. The molecule has 0 heterocycles. The molecule has 0 saturated carbocycles. The van der Waals surface area contributed by atoms with Crippen LogP contribution in [0.3, 0.4) is 0 Å². The van der Waals surface area contributed by atoms with Crippen molar-refractivity contribution in [1.29, 1.82) is 0 Å². The van der Waals surface area contributed by atoms with Crippen LogP contribution in [0, 0.1) is 0 Å². The van der Waals surface area contributed by atoms with Gasteiger partial charge in [-0.05, 0) is 32.4 Å². The molecule has 0 aromatic heterocycles. The molecule has 0 spiro atoms. The molecule has 0 bridgehead atoms. The lowest BCUT2D eigenvalue weighted by Crippen LogP contribution is -2.27. The summed E-state index contributed by atoms with van der Waals surface area (Å²) in [4.78, 5) is 0. The molecule has 1 unspecified atom stereocenters. The van der Waals surface area contributed by atoms with Crippen molar-refractivity contribution < 1.29 is 5.11 Å². The van der Waals surface area contributed by atoms with E-state index in [4.69, 9.17) is 5.73 Å². The van der Waals surface area contributed by atoms with Crippen LogP contribution in [0.25, 0.3) is 0 Å². The van der Waals surface area contributed by atoms with Gasteiger partial charge in [0.25, 0.3) is 0 Å². The van der Waals surface area contributed by atoms with E-state index in [1.54, 1.807) is 0 Å². The van der Waals surface area contributed by atoms with Gasteiger partial charge in [-0.3, -0.25) is 0 Å². The zero-order valence-corrected chi connectivity index (χ0v) is 17.2. The van der Waals surface area contributed by atoms with Crippen molar-refractivity contribution in [1.82, 2.24) is 5.32 Å². The van der Waals surface area contributed by atoms with Crippen LogP contribution in [0.1, 0.15) is 116 Å². The summed E-state index contributed by atoms with van der Waals surface area (Å²) in [5, 5.41) is 13.3. The minimum absolute atomic E-state index is 0.160. The highest BCUT2D eigenvalue weighted by Crippen LogP contribution is 2.12. The number of nitrogens with two attached hydrogens (primary N) is 1. The highest BCUT2D eigenvalue weighted by atomic mass is 16.3. The van der Waals surface area contributed by atoms with Gasteiger partial charge in [-0.25, -0.2) is 0 Å². The predicted molar refractivity (Wildman–Crippen MR) is 112 cm³/mol. The summed E-state index contributed by atoms with van der Waals surface area (Å²) in [6, 6.07) is 0. The fourth-order valence-corrected chi connectivity index (χ4v) is 3.34. The molecule has 0 fully saturated rings. The third kappa shape index (κ3) is 21.8. The third-order valence-electron chi connectivity index (χ3n) is 5.08. The van der Waals surface area contributed by atoms with Gasteiger partial charge in [0.1, 0.15) is 0 Å². The summed E-state index contributed by atoms with van der Waals surface area (Å²) in [6.45, 7) is 4.88. The van der Waals surface area contributed by atoms with Crippen molar-refractivity contribution in [2.45, 2.75) is 122 Å². The van der Waals surface area contributed by atoms with Gasteiger partial charge in [0, 0.05) is 6.54 Å². The third-order valence-corrected chi connectivity index (χ3v) is 5.08. The Labute approximate surface area is 158 Å². The van der Waals surface area contributed by atoms with Crippen LogP contribution in [0.5, 0.6) is 0 Å². The summed E-state index contributed by atoms with van der Waals surface area (Å²) < 4.78 is 0. The summed E-state index contributed by atoms with van der Waals surface area (Å²) in [5.41, 5.74) is 5.48. The van der Waals surface area contributed by atoms with Crippen LogP contribution in [-0.2, 0) is 0 Å². The van der Waals surface area contributed by atoms with Crippen molar-refractivity contribution in [2.24, 2.45) is 5.73 Å². The Balaban J connectivity index is 3.11. The van der Waals surface area contributed by atoms with Gasteiger partial charge in [-0.1, -0.05) is 96.8 Å². The van der Waals surface area contributed by atoms with E-state index in [1.165, 1.54) is 96.3 Å². The van der Waals surface area contributed by atoms with E-state index >= 15 is 0 Å². The second kappa shape index (κ2) is 21.9. The van der Waals surface area contributed by atoms with Crippen LogP contribution in [-0.4, -0.2) is 30.8 Å². The standard InChI is InChI=1S/C22H48N2O/c1-2-3-4-5-6-7-8-9-10-11-12-15-18-22(25)21-24-20-17-14-13-16-19-23/h22,24-25H,2-21,23H2,1H3. The molecular weight excluding hydrogens is 308 g/mol. The number of hydrogen-bond donors (Lipinski definition) is 3. The SMILES string of the molecule is CCCCCCCCCCCCCCC(O)CNCCCCCCN. The number of aliphatic hydroxyl groups excluding tert-OH is 1. The van der Waals surface area contributed by atoms with Crippen LogP contribution in [0.4, 0.5) is 0 Å². The molecule has 0 rings (SSSR count). The van der Waals surface area contributed by atoms with Crippen molar-refractivity contribution >= 4 is 0 Å². The Morgan fingerprint density at radius 1 is 0.680 bits per heavy atom. The minimum Gasteiger partial charge on any atom is -0.392 e. The van der Waals surface area contributed by atoms with Crippen molar-refractivity contribution in [3.63, 3.8) is 0 Å². The molecule has 0 saturated heterocycles. The predicted octanol–water partition coefficient (Wildman–Crippen LogP) is 5.55. The molecule has 0 radical (unpaired) electrons. The zero-order chi connectivity index (χ0) is 18.4. The maximum atomic E-state index is 9.97. The fraction of sp³-hybridized carbons (Fsp3) is 1.00. The van der Waals surface area contributed by atoms with Gasteiger partial charge in [0.05, 0.1) is 6.10 Å². The number of hydrogen-bond acceptors (Lipinski definition) is 3. The van der Waals surface area contributed by atoms with Crippen LogP contribution in [0.2, 0.25) is 0 Å². The average molecular weight is 357 g/mol. The van der Waals surface area contributed by atoms with Crippen LogP contribution in [0.15, 0.2) is 0 Å². The highest BCUT2D eigenvalue weighted by molar-refractivity contribution is 4.60. The second-order valence-electron chi connectivity index (χ2n) is 7.74. The molecule has 0 aromatic rings. The maximum Gasteiger partial charge on any atom is 0.0664 e. The molecule has 0 amide bonds. The van der Waals surface area contributed by atoms with Gasteiger partial charge < -0.3 is 16.2 Å². The van der Waals surface area contributed by atoms with E-state index < -0.39 is 0 Å². The van der Waals surface area contributed by atoms with Crippen molar-refractivity contribution in [2.75, 3.05) is 19.6 Å². The molecule has 1 atom stereocenters. The summed E-state index contributed by atoms with van der Waals surface area (Å²) in [6.07, 6.45) is 22.1. The normalized spacial score (nSPS) is 12.6. The van der Waals surface area contributed by atoms with E-state index in [1.807, 2.05) is 0 Å². The number of rotatable bonds is 21. The van der Waals surface area contributed by atoms with E-state index in [0.717, 1.165) is 32.5 Å². The first-order chi connectivity index (χ1) is 12.3. The molecule has 4 N–H and O–H groups in total. The first-order valence-corrected chi connectivity index (χ1v) is 11.4. The number of aliphatic hydroxyl groups is 1. The molecule has 0 aliphatic rings. The van der Waals surface area contributed by atoms with Crippen molar-refractivity contribution in [3.05, 3.63) is 0 Å². The maximum absolute atomic E-state index is 9.97. The van der Waals surface area contributed by atoms with E-state index in [-0.39, 0.29) is 6.10 Å². The monoisotopic (exact) mass is 356 g/mol. The quantitative estimate of drug-likeness (QED) is 0.236. The smallest absolute Gasteiger partial charge is 0.0664 e. The first-order valence-electron chi connectivity index (χ1n) is 11.4. The average Bonchev–Trinajstić information content (AvgIpc) is 2.62. The Morgan fingerprint density at radius 2 is 1.16 bits per heavy atom. The Kier molecular flexibility index (Phi) is 21.8. The van der Waals surface area contributed by atoms with E-state index in [2.05, 4.69) is 12.2 Å². The van der Waals surface area contributed by atoms with E-state index in [0.29, 0.717) is 0 Å².